The number of carbonyl (C=O) groups is 1. The van der Waals surface area contributed by atoms with Crippen molar-refractivity contribution >= 4 is 17.6 Å². The van der Waals surface area contributed by atoms with E-state index in [4.69, 9.17) is 14.2 Å². The quantitative estimate of drug-likeness (QED) is 0.406. The fraction of sp³-hybridized carbons (Fsp3) is 0.160. The van der Waals surface area contributed by atoms with Gasteiger partial charge in [0.15, 0.2) is 0 Å². The first-order chi connectivity index (χ1) is 14.5. The maximum Gasteiger partial charge on any atom is 0.253 e. The molecular formula is C25H25NO4. The van der Waals surface area contributed by atoms with E-state index in [0.717, 1.165) is 16.9 Å². The lowest BCUT2D eigenvalue weighted by Crippen LogP contribution is -2.22. The second kappa shape index (κ2) is 9.65. The second-order valence-corrected chi connectivity index (χ2v) is 6.84. The van der Waals surface area contributed by atoms with E-state index in [0.29, 0.717) is 22.8 Å². The van der Waals surface area contributed by atoms with Crippen LogP contribution in [0.2, 0.25) is 0 Å². The van der Waals surface area contributed by atoms with Gasteiger partial charge in [-0.15, -0.1) is 0 Å². The summed E-state index contributed by atoms with van der Waals surface area (Å²) in [5.74, 6) is 2.67. The van der Waals surface area contributed by atoms with Crippen LogP contribution in [0.5, 0.6) is 23.0 Å². The summed E-state index contributed by atoms with van der Waals surface area (Å²) in [5, 5.41) is 0. The molecule has 0 fully saturated rings. The Morgan fingerprint density at radius 2 is 1.33 bits per heavy atom. The zero-order chi connectivity index (χ0) is 21.5. The van der Waals surface area contributed by atoms with Crippen LogP contribution in [0.4, 0.5) is 0 Å². The van der Waals surface area contributed by atoms with Crippen LogP contribution in [-0.4, -0.2) is 39.1 Å². The highest BCUT2D eigenvalue weighted by Gasteiger charge is 2.15. The van der Waals surface area contributed by atoms with Crippen molar-refractivity contribution in [2.75, 3.05) is 28.3 Å². The zero-order valence-corrected chi connectivity index (χ0v) is 17.6. The summed E-state index contributed by atoms with van der Waals surface area (Å²) >= 11 is 0. The number of methoxy groups -OCH3 is 2. The molecule has 0 aliphatic heterocycles. The van der Waals surface area contributed by atoms with Crippen LogP contribution in [0.3, 0.4) is 0 Å². The van der Waals surface area contributed by atoms with Crippen molar-refractivity contribution in [1.82, 2.24) is 4.90 Å². The van der Waals surface area contributed by atoms with Crippen molar-refractivity contribution in [2.24, 2.45) is 0 Å². The monoisotopic (exact) mass is 403 g/mol. The Morgan fingerprint density at radius 1 is 0.767 bits per heavy atom. The molecule has 0 heterocycles. The summed E-state index contributed by atoms with van der Waals surface area (Å²) < 4.78 is 16.5. The Hall–Kier alpha value is -3.73. The van der Waals surface area contributed by atoms with E-state index in [2.05, 4.69) is 0 Å². The molecule has 5 heteroatoms. The first-order valence-electron chi connectivity index (χ1n) is 9.50. The molecule has 5 nitrogen and oxygen atoms in total. The van der Waals surface area contributed by atoms with Crippen LogP contribution >= 0.6 is 0 Å². The minimum Gasteiger partial charge on any atom is -0.497 e. The number of nitrogens with zero attached hydrogens (tertiary/aromatic N) is 1. The van der Waals surface area contributed by atoms with Crippen LogP contribution in [0, 0.1) is 0 Å². The number of hydrogen-bond acceptors (Lipinski definition) is 4. The molecule has 0 saturated carbocycles. The highest BCUT2D eigenvalue weighted by Crippen LogP contribution is 2.28. The Balaban J connectivity index is 1.96. The van der Waals surface area contributed by atoms with Gasteiger partial charge in [-0.3, -0.25) is 4.79 Å². The molecule has 0 radical (unpaired) electrons. The third-order valence-corrected chi connectivity index (χ3v) is 4.47. The van der Waals surface area contributed by atoms with Crippen molar-refractivity contribution in [3.05, 3.63) is 83.9 Å². The summed E-state index contributed by atoms with van der Waals surface area (Å²) in [5.41, 5.74) is 2.15. The summed E-state index contributed by atoms with van der Waals surface area (Å²) in [6, 6.07) is 22.5. The third-order valence-electron chi connectivity index (χ3n) is 4.47. The van der Waals surface area contributed by atoms with Gasteiger partial charge in [0.25, 0.3) is 5.91 Å². The Kier molecular flexibility index (Phi) is 6.75. The lowest BCUT2D eigenvalue weighted by Gasteiger charge is -2.15. The van der Waals surface area contributed by atoms with E-state index in [-0.39, 0.29) is 5.91 Å². The lowest BCUT2D eigenvalue weighted by atomic mass is 10.0. The Bertz CT molecular complexity index is 1000. The van der Waals surface area contributed by atoms with E-state index in [1.165, 1.54) is 0 Å². The van der Waals surface area contributed by atoms with Gasteiger partial charge in [-0.1, -0.05) is 30.3 Å². The molecule has 0 spiro atoms. The van der Waals surface area contributed by atoms with Gasteiger partial charge in [0.05, 0.1) is 14.2 Å². The summed E-state index contributed by atoms with van der Waals surface area (Å²) in [7, 11) is 6.66. The summed E-state index contributed by atoms with van der Waals surface area (Å²) in [4.78, 5) is 14.4. The van der Waals surface area contributed by atoms with Crippen molar-refractivity contribution in [2.45, 2.75) is 0 Å². The zero-order valence-electron chi connectivity index (χ0n) is 17.6. The molecule has 3 rings (SSSR count). The van der Waals surface area contributed by atoms with Crippen molar-refractivity contribution < 1.29 is 19.0 Å². The summed E-state index contributed by atoms with van der Waals surface area (Å²) in [6.07, 6.45) is 1.83. The number of amides is 1. The van der Waals surface area contributed by atoms with Gasteiger partial charge >= 0.3 is 0 Å². The first kappa shape index (κ1) is 21.0. The molecule has 3 aromatic rings. The predicted octanol–water partition coefficient (Wildman–Crippen LogP) is 5.12. The van der Waals surface area contributed by atoms with Gasteiger partial charge in [0.1, 0.15) is 23.0 Å². The van der Waals surface area contributed by atoms with Gasteiger partial charge in [-0.2, -0.15) is 0 Å². The van der Waals surface area contributed by atoms with Crippen molar-refractivity contribution in [3.8, 4) is 23.0 Å². The third kappa shape index (κ3) is 5.20. The molecule has 0 saturated heterocycles. The average molecular weight is 403 g/mol. The van der Waals surface area contributed by atoms with Gasteiger partial charge in [-0.25, -0.2) is 0 Å². The standard InChI is InChI=1S/C25H25NO4/c1-26(2)25(27)24(16-18-14-22(28-3)17-23(15-18)29-4)19-10-12-21(13-11-19)30-20-8-6-5-7-9-20/h5-17H,1-4H3. The van der Waals surface area contributed by atoms with Gasteiger partial charge in [-0.05, 0) is 53.6 Å². The van der Waals surface area contributed by atoms with E-state index in [1.807, 2.05) is 72.8 Å². The van der Waals surface area contributed by atoms with Crippen molar-refractivity contribution in [1.29, 1.82) is 0 Å². The normalized spacial score (nSPS) is 11.0. The number of likely N-dealkylation sites (N-methyl/N-ethyl adjacent to an activating group) is 1. The first-order valence-corrected chi connectivity index (χ1v) is 9.50. The van der Waals surface area contributed by atoms with Gasteiger partial charge in [0, 0.05) is 25.7 Å². The molecular weight excluding hydrogens is 378 g/mol. The van der Waals surface area contributed by atoms with Crippen LogP contribution in [0.15, 0.2) is 72.8 Å². The predicted molar refractivity (Wildman–Crippen MR) is 119 cm³/mol. The number of rotatable bonds is 7. The molecule has 0 atom stereocenters. The minimum absolute atomic E-state index is 0.103. The Morgan fingerprint density at radius 3 is 1.87 bits per heavy atom. The molecule has 1 amide bonds. The molecule has 0 aromatic heterocycles. The fourth-order valence-corrected chi connectivity index (χ4v) is 2.92. The smallest absolute Gasteiger partial charge is 0.253 e. The maximum absolute atomic E-state index is 12.9. The number of benzene rings is 3. The van der Waals surface area contributed by atoms with Crippen LogP contribution in [0.1, 0.15) is 11.1 Å². The molecule has 30 heavy (non-hydrogen) atoms. The summed E-state index contributed by atoms with van der Waals surface area (Å²) in [6.45, 7) is 0. The minimum atomic E-state index is -0.103. The number of para-hydroxylation sites is 1. The topological polar surface area (TPSA) is 48.0 Å². The fourth-order valence-electron chi connectivity index (χ4n) is 2.92. The molecule has 3 aromatic carbocycles. The molecule has 0 bridgehead atoms. The van der Waals surface area contributed by atoms with Crippen LogP contribution in [0.25, 0.3) is 11.6 Å². The van der Waals surface area contributed by atoms with Crippen molar-refractivity contribution in [3.63, 3.8) is 0 Å². The molecule has 0 unspecified atom stereocenters. The van der Waals surface area contributed by atoms with Crippen LogP contribution < -0.4 is 14.2 Å². The highest BCUT2D eigenvalue weighted by molar-refractivity contribution is 6.24. The highest BCUT2D eigenvalue weighted by atomic mass is 16.5. The number of hydrogen-bond donors (Lipinski definition) is 0. The van der Waals surface area contributed by atoms with Crippen LogP contribution in [-0.2, 0) is 4.79 Å². The van der Waals surface area contributed by atoms with Gasteiger partial charge in [0.2, 0.25) is 0 Å². The number of ether oxygens (including phenoxy) is 3. The van der Waals surface area contributed by atoms with E-state index in [9.17, 15) is 4.79 Å². The SMILES string of the molecule is COc1cc(C=C(C(=O)N(C)C)c2ccc(Oc3ccccc3)cc2)cc(OC)c1. The molecule has 0 N–H and O–H groups in total. The maximum atomic E-state index is 12.9. The van der Waals surface area contributed by atoms with E-state index >= 15 is 0 Å². The van der Waals surface area contributed by atoms with E-state index < -0.39 is 0 Å². The molecule has 0 aliphatic carbocycles. The average Bonchev–Trinajstić information content (AvgIpc) is 2.78. The largest absolute Gasteiger partial charge is 0.497 e. The van der Waals surface area contributed by atoms with E-state index in [1.54, 1.807) is 39.3 Å². The molecule has 0 aliphatic rings. The Labute approximate surface area is 177 Å². The number of carbonyl (C=O) groups excluding carboxylic acids is 1. The second-order valence-electron chi connectivity index (χ2n) is 6.84. The molecule has 154 valence electrons. The lowest BCUT2D eigenvalue weighted by molar-refractivity contribution is -0.122. The van der Waals surface area contributed by atoms with Gasteiger partial charge < -0.3 is 19.1 Å².